The van der Waals surface area contributed by atoms with Gasteiger partial charge in [-0.15, -0.1) is 0 Å². The van der Waals surface area contributed by atoms with Crippen molar-refractivity contribution in [1.29, 1.82) is 0 Å². The zero-order chi connectivity index (χ0) is 15.8. The molecule has 0 amide bonds. The SMILES string of the molecule is CCNC(=NCCN(C)CCOC)N1CCc2ccccc21. The second kappa shape index (κ2) is 8.76. The fourth-order valence-corrected chi connectivity index (χ4v) is 2.64. The third-order valence-electron chi connectivity index (χ3n) is 3.90. The predicted molar refractivity (Wildman–Crippen MR) is 92.8 cm³/mol. The summed E-state index contributed by atoms with van der Waals surface area (Å²) < 4.78 is 5.10. The van der Waals surface area contributed by atoms with Crippen molar-refractivity contribution in [3.8, 4) is 0 Å². The minimum Gasteiger partial charge on any atom is -0.383 e. The molecule has 22 heavy (non-hydrogen) atoms. The van der Waals surface area contributed by atoms with E-state index >= 15 is 0 Å². The van der Waals surface area contributed by atoms with Gasteiger partial charge in [-0.2, -0.15) is 0 Å². The summed E-state index contributed by atoms with van der Waals surface area (Å²) in [6.07, 6.45) is 1.09. The maximum Gasteiger partial charge on any atom is 0.198 e. The molecule has 5 heteroatoms. The number of hydrogen-bond acceptors (Lipinski definition) is 3. The van der Waals surface area contributed by atoms with E-state index < -0.39 is 0 Å². The smallest absolute Gasteiger partial charge is 0.198 e. The van der Waals surface area contributed by atoms with E-state index in [0.717, 1.165) is 51.7 Å². The van der Waals surface area contributed by atoms with Gasteiger partial charge < -0.3 is 19.9 Å². The topological polar surface area (TPSA) is 40.1 Å². The molecule has 0 aliphatic carbocycles. The third-order valence-corrected chi connectivity index (χ3v) is 3.90. The first kappa shape index (κ1) is 16.8. The van der Waals surface area contributed by atoms with Crippen LogP contribution in [0.5, 0.6) is 0 Å². The van der Waals surface area contributed by atoms with E-state index in [1.54, 1.807) is 7.11 Å². The molecule has 0 atom stereocenters. The van der Waals surface area contributed by atoms with Gasteiger partial charge in [0.05, 0.1) is 13.2 Å². The Hall–Kier alpha value is -1.59. The lowest BCUT2D eigenvalue weighted by Crippen LogP contribution is -2.41. The molecule has 1 aliphatic rings. The van der Waals surface area contributed by atoms with Crippen LogP contribution in [-0.2, 0) is 11.2 Å². The molecule has 0 bridgehead atoms. The van der Waals surface area contributed by atoms with E-state index in [1.807, 2.05) is 0 Å². The van der Waals surface area contributed by atoms with Gasteiger partial charge in [-0.1, -0.05) is 18.2 Å². The monoisotopic (exact) mass is 304 g/mol. The van der Waals surface area contributed by atoms with Crippen LogP contribution in [0.1, 0.15) is 12.5 Å². The number of aliphatic imine (C=N–C) groups is 1. The Morgan fingerprint density at radius 3 is 2.95 bits per heavy atom. The van der Waals surface area contributed by atoms with Crippen LogP contribution in [0.15, 0.2) is 29.3 Å². The Kier molecular flexibility index (Phi) is 6.68. The van der Waals surface area contributed by atoms with Gasteiger partial charge in [0.25, 0.3) is 0 Å². The maximum absolute atomic E-state index is 5.10. The van der Waals surface area contributed by atoms with Crippen LogP contribution >= 0.6 is 0 Å². The molecule has 1 heterocycles. The quantitative estimate of drug-likeness (QED) is 0.613. The predicted octanol–water partition coefficient (Wildman–Crippen LogP) is 1.59. The van der Waals surface area contributed by atoms with Crippen molar-refractivity contribution in [3.05, 3.63) is 29.8 Å². The van der Waals surface area contributed by atoms with Crippen molar-refractivity contribution in [1.82, 2.24) is 10.2 Å². The molecule has 1 N–H and O–H groups in total. The number of benzene rings is 1. The Bertz CT molecular complexity index is 489. The molecule has 1 aliphatic heterocycles. The van der Waals surface area contributed by atoms with E-state index in [0.29, 0.717) is 0 Å². The lowest BCUT2D eigenvalue weighted by atomic mass is 10.2. The summed E-state index contributed by atoms with van der Waals surface area (Å²) in [5, 5.41) is 3.42. The molecule has 0 radical (unpaired) electrons. The average Bonchev–Trinajstić information content (AvgIpc) is 2.96. The van der Waals surface area contributed by atoms with E-state index in [2.05, 4.69) is 53.4 Å². The molecule has 5 nitrogen and oxygen atoms in total. The second-order valence-corrected chi connectivity index (χ2v) is 5.56. The fraction of sp³-hybridized carbons (Fsp3) is 0.588. The molecule has 0 spiro atoms. The van der Waals surface area contributed by atoms with Gasteiger partial charge in [0.2, 0.25) is 0 Å². The van der Waals surface area contributed by atoms with Crippen LogP contribution in [0.2, 0.25) is 0 Å². The van der Waals surface area contributed by atoms with Gasteiger partial charge in [0.1, 0.15) is 0 Å². The van der Waals surface area contributed by atoms with Crippen LogP contribution in [0.3, 0.4) is 0 Å². The number of likely N-dealkylation sites (N-methyl/N-ethyl adjacent to an activating group) is 1. The zero-order valence-corrected chi connectivity index (χ0v) is 14.0. The summed E-state index contributed by atoms with van der Waals surface area (Å²) in [6.45, 7) is 7.44. The number of fused-ring (bicyclic) bond motifs is 1. The number of guanidine groups is 1. The molecule has 0 saturated heterocycles. The molecule has 1 aromatic carbocycles. The summed E-state index contributed by atoms with van der Waals surface area (Å²) in [7, 11) is 3.84. The first-order chi connectivity index (χ1) is 10.8. The highest BCUT2D eigenvalue weighted by atomic mass is 16.5. The van der Waals surface area contributed by atoms with Gasteiger partial charge in [-0.05, 0) is 32.0 Å². The van der Waals surface area contributed by atoms with Crippen LogP contribution in [0, 0.1) is 0 Å². The number of rotatable bonds is 7. The van der Waals surface area contributed by atoms with E-state index in [1.165, 1.54) is 11.3 Å². The Morgan fingerprint density at radius 2 is 2.18 bits per heavy atom. The summed E-state index contributed by atoms with van der Waals surface area (Å²) in [6, 6.07) is 8.59. The summed E-state index contributed by atoms with van der Waals surface area (Å²) >= 11 is 0. The van der Waals surface area contributed by atoms with Gasteiger partial charge in [0, 0.05) is 39.0 Å². The van der Waals surface area contributed by atoms with Crippen molar-refractivity contribution in [2.75, 3.05) is 58.4 Å². The van der Waals surface area contributed by atoms with Crippen LogP contribution in [-0.4, -0.2) is 64.3 Å². The molecule has 0 saturated carbocycles. The lowest BCUT2D eigenvalue weighted by Gasteiger charge is -2.23. The number of hydrogen-bond donors (Lipinski definition) is 1. The minimum absolute atomic E-state index is 0.764. The zero-order valence-electron chi connectivity index (χ0n) is 14.0. The molecule has 0 aromatic heterocycles. The van der Waals surface area contributed by atoms with Gasteiger partial charge in [-0.3, -0.25) is 4.99 Å². The van der Waals surface area contributed by atoms with Crippen LogP contribution in [0.4, 0.5) is 5.69 Å². The largest absolute Gasteiger partial charge is 0.383 e. The summed E-state index contributed by atoms with van der Waals surface area (Å²) in [4.78, 5) is 9.34. The van der Waals surface area contributed by atoms with Crippen molar-refractivity contribution in [3.63, 3.8) is 0 Å². The summed E-state index contributed by atoms with van der Waals surface area (Å²) in [5.41, 5.74) is 2.69. The molecule has 0 fully saturated rings. The fourth-order valence-electron chi connectivity index (χ4n) is 2.64. The Balaban J connectivity index is 1.97. The van der Waals surface area contributed by atoms with Crippen LogP contribution in [0.25, 0.3) is 0 Å². The standard InChI is InChI=1S/C17H28N4O/c1-4-18-17(19-10-12-20(2)13-14-22-3)21-11-9-15-7-5-6-8-16(15)21/h5-8H,4,9-14H2,1-3H3,(H,18,19). The molecule has 0 unspecified atom stereocenters. The average molecular weight is 304 g/mol. The van der Waals surface area contributed by atoms with Crippen molar-refractivity contribution >= 4 is 11.6 Å². The number of para-hydroxylation sites is 1. The Morgan fingerprint density at radius 1 is 1.36 bits per heavy atom. The maximum atomic E-state index is 5.10. The van der Waals surface area contributed by atoms with Crippen molar-refractivity contribution < 1.29 is 4.74 Å². The lowest BCUT2D eigenvalue weighted by molar-refractivity contribution is 0.163. The number of ether oxygens (including phenoxy) is 1. The molecule has 1 aromatic rings. The van der Waals surface area contributed by atoms with Crippen molar-refractivity contribution in [2.45, 2.75) is 13.3 Å². The number of methoxy groups -OCH3 is 1. The third kappa shape index (κ3) is 4.45. The minimum atomic E-state index is 0.764. The first-order valence-electron chi connectivity index (χ1n) is 8.07. The molecule has 2 rings (SSSR count). The first-order valence-corrected chi connectivity index (χ1v) is 8.07. The molecular weight excluding hydrogens is 276 g/mol. The van der Waals surface area contributed by atoms with Gasteiger partial charge >= 0.3 is 0 Å². The van der Waals surface area contributed by atoms with E-state index in [4.69, 9.17) is 9.73 Å². The van der Waals surface area contributed by atoms with Gasteiger partial charge in [0.15, 0.2) is 5.96 Å². The van der Waals surface area contributed by atoms with Crippen LogP contribution < -0.4 is 10.2 Å². The van der Waals surface area contributed by atoms with Crippen molar-refractivity contribution in [2.24, 2.45) is 4.99 Å². The van der Waals surface area contributed by atoms with E-state index in [9.17, 15) is 0 Å². The summed E-state index contributed by atoms with van der Waals surface area (Å²) in [5.74, 6) is 0.993. The highest BCUT2D eigenvalue weighted by Gasteiger charge is 2.22. The highest BCUT2D eigenvalue weighted by Crippen LogP contribution is 2.27. The number of nitrogens with one attached hydrogen (secondary N) is 1. The highest BCUT2D eigenvalue weighted by molar-refractivity contribution is 5.97. The van der Waals surface area contributed by atoms with E-state index in [-0.39, 0.29) is 0 Å². The number of anilines is 1. The van der Waals surface area contributed by atoms with Gasteiger partial charge in [-0.25, -0.2) is 0 Å². The molecular formula is C17H28N4O. The molecule has 122 valence electrons. The number of nitrogens with zero attached hydrogens (tertiary/aromatic N) is 3. The Labute approximate surface area is 134 Å². The normalized spacial score (nSPS) is 14.5. The second-order valence-electron chi connectivity index (χ2n) is 5.56.